The second kappa shape index (κ2) is 6.60. The number of aromatic amines is 1. The van der Waals surface area contributed by atoms with Gasteiger partial charge < -0.3 is 15.6 Å². The summed E-state index contributed by atoms with van der Waals surface area (Å²) >= 11 is 0. The number of carbonyl (C=O) groups excluding carboxylic acids is 2. The van der Waals surface area contributed by atoms with Crippen LogP contribution in [0, 0.1) is 0 Å². The molecule has 0 radical (unpaired) electrons. The minimum Gasteiger partial charge on any atom is -0.366 e. The van der Waals surface area contributed by atoms with Crippen molar-refractivity contribution in [2.75, 3.05) is 7.05 Å². The molecule has 3 N–H and O–H groups in total. The molecule has 0 unspecified atom stereocenters. The van der Waals surface area contributed by atoms with Crippen LogP contribution in [0.15, 0.2) is 59.4 Å². The predicted molar refractivity (Wildman–Crippen MR) is 95.3 cm³/mol. The summed E-state index contributed by atoms with van der Waals surface area (Å²) in [5.41, 5.74) is 7.15. The number of aromatic nitrogens is 1. The first kappa shape index (κ1) is 16.4. The molecule has 25 heavy (non-hydrogen) atoms. The largest absolute Gasteiger partial charge is 0.366 e. The Bertz CT molecular complexity index is 1010. The Kier molecular flexibility index (Phi) is 4.35. The molecule has 3 aromatic rings. The van der Waals surface area contributed by atoms with E-state index in [1.807, 2.05) is 6.07 Å². The van der Waals surface area contributed by atoms with Crippen molar-refractivity contribution in [1.82, 2.24) is 9.88 Å². The van der Waals surface area contributed by atoms with E-state index in [0.29, 0.717) is 28.6 Å². The van der Waals surface area contributed by atoms with Crippen molar-refractivity contribution in [3.63, 3.8) is 0 Å². The lowest BCUT2D eigenvalue weighted by Crippen LogP contribution is -2.27. The summed E-state index contributed by atoms with van der Waals surface area (Å²) in [6, 6.07) is 15.2. The molecule has 0 aliphatic rings. The summed E-state index contributed by atoms with van der Waals surface area (Å²) in [6.45, 7) is 0.346. The standard InChI is InChI=1S/C19H17N3O3/c1-22(11-12-6-8-13(9-7-12)18(20)24)19(25)15-10-17(23)21-16-5-3-2-4-14(15)16/h2-10H,11H2,1H3,(H2,20,24)(H,21,23). The van der Waals surface area contributed by atoms with Gasteiger partial charge in [-0.2, -0.15) is 0 Å². The summed E-state index contributed by atoms with van der Waals surface area (Å²) in [5, 5.41) is 0.697. The van der Waals surface area contributed by atoms with Crippen LogP contribution in [0.25, 0.3) is 10.9 Å². The Balaban J connectivity index is 1.88. The van der Waals surface area contributed by atoms with Gasteiger partial charge in [0.15, 0.2) is 0 Å². The lowest BCUT2D eigenvalue weighted by Gasteiger charge is -2.18. The highest BCUT2D eigenvalue weighted by Gasteiger charge is 2.16. The highest BCUT2D eigenvalue weighted by Crippen LogP contribution is 2.17. The van der Waals surface area contributed by atoms with E-state index in [9.17, 15) is 14.4 Å². The average Bonchev–Trinajstić information content (AvgIpc) is 2.60. The van der Waals surface area contributed by atoms with Crippen molar-refractivity contribution in [1.29, 1.82) is 0 Å². The number of hydrogen-bond acceptors (Lipinski definition) is 3. The number of nitrogens with two attached hydrogens (primary N) is 1. The summed E-state index contributed by atoms with van der Waals surface area (Å²) in [5.74, 6) is -0.743. The van der Waals surface area contributed by atoms with Gasteiger partial charge >= 0.3 is 0 Å². The van der Waals surface area contributed by atoms with Gasteiger partial charge in [-0.1, -0.05) is 30.3 Å². The molecule has 0 saturated carbocycles. The monoisotopic (exact) mass is 335 g/mol. The Hall–Kier alpha value is -3.41. The van der Waals surface area contributed by atoms with E-state index in [0.717, 1.165) is 5.56 Å². The number of benzene rings is 2. The van der Waals surface area contributed by atoms with Gasteiger partial charge in [0.25, 0.3) is 5.91 Å². The molecule has 1 aromatic heterocycles. The maximum atomic E-state index is 12.8. The van der Waals surface area contributed by atoms with Crippen LogP contribution in [0.1, 0.15) is 26.3 Å². The number of pyridine rings is 1. The van der Waals surface area contributed by atoms with Gasteiger partial charge in [-0.15, -0.1) is 0 Å². The third-order valence-electron chi connectivity index (χ3n) is 3.99. The molecule has 126 valence electrons. The molecule has 2 amide bonds. The van der Waals surface area contributed by atoms with Crippen LogP contribution in [0.3, 0.4) is 0 Å². The fourth-order valence-corrected chi connectivity index (χ4v) is 2.71. The van der Waals surface area contributed by atoms with E-state index < -0.39 is 5.91 Å². The van der Waals surface area contributed by atoms with E-state index in [1.165, 1.54) is 11.0 Å². The van der Waals surface area contributed by atoms with Crippen molar-refractivity contribution in [2.24, 2.45) is 5.73 Å². The number of nitrogens with one attached hydrogen (secondary N) is 1. The molecule has 1 heterocycles. The van der Waals surface area contributed by atoms with Gasteiger partial charge in [-0.05, 0) is 23.8 Å². The zero-order chi connectivity index (χ0) is 18.0. The van der Waals surface area contributed by atoms with Gasteiger partial charge in [0.05, 0.1) is 5.56 Å². The summed E-state index contributed by atoms with van der Waals surface area (Å²) in [6.07, 6.45) is 0. The molecule has 0 spiro atoms. The highest BCUT2D eigenvalue weighted by molar-refractivity contribution is 6.05. The molecular formula is C19H17N3O3. The van der Waals surface area contributed by atoms with E-state index in [4.69, 9.17) is 5.73 Å². The smallest absolute Gasteiger partial charge is 0.254 e. The van der Waals surface area contributed by atoms with Gasteiger partial charge in [0.2, 0.25) is 11.5 Å². The SMILES string of the molecule is CN(Cc1ccc(C(N)=O)cc1)C(=O)c1cc(=O)[nH]c2ccccc12. The molecule has 0 atom stereocenters. The second-order valence-electron chi connectivity index (χ2n) is 5.82. The molecule has 0 bridgehead atoms. The third kappa shape index (κ3) is 3.42. The number of fused-ring (bicyclic) bond motifs is 1. The number of amides is 2. The number of rotatable bonds is 4. The van der Waals surface area contributed by atoms with Crippen molar-refractivity contribution < 1.29 is 9.59 Å². The second-order valence-corrected chi connectivity index (χ2v) is 5.82. The van der Waals surface area contributed by atoms with Crippen molar-refractivity contribution >= 4 is 22.7 Å². The van der Waals surface area contributed by atoms with E-state index >= 15 is 0 Å². The average molecular weight is 335 g/mol. The first-order valence-electron chi connectivity index (χ1n) is 7.72. The molecular weight excluding hydrogens is 318 g/mol. The molecule has 0 fully saturated rings. The molecule has 0 saturated heterocycles. The van der Waals surface area contributed by atoms with Gasteiger partial charge in [-0.25, -0.2) is 0 Å². The minimum atomic E-state index is -0.494. The van der Waals surface area contributed by atoms with Crippen molar-refractivity contribution in [3.05, 3.63) is 81.6 Å². The number of primary amides is 1. The molecule has 6 heteroatoms. The van der Waals surface area contributed by atoms with Crippen LogP contribution >= 0.6 is 0 Å². The molecule has 6 nitrogen and oxygen atoms in total. The van der Waals surface area contributed by atoms with E-state index in [2.05, 4.69) is 4.98 Å². The predicted octanol–water partition coefficient (Wildman–Crippen LogP) is 1.90. The summed E-state index contributed by atoms with van der Waals surface area (Å²) in [4.78, 5) is 40.0. The van der Waals surface area contributed by atoms with E-state index in [-0.39, 0.29) is 11.5 Å². The molecule has 0 aliphatic carbocycles. The Morgan fingerprint density at radius 3 is 2.44 bits per heavy atom. The quantitative estimate of drug-likeness (QED) is 0.762. The van der Waals surface area contributed by atoms with Crippen LogP contribution < -0.4 is 11.3 Å². The normalized spacial score (nSPS) is 10.6. The van der Waals surface area contributed by atoms with Crippen LogP contribution in [0.5, 0.6) is 0 Å². The maximum Gasteiger partial charge on any atom is 0.254 e. The van der Waals surface area contributed by atoms with Gasteiger partial charge in [-0.3, -0.25) is 14.4 Å². The topological polar surface area (TPSA) is 96.3 Å². The van der Waals surface area contributed by atoms with Crippen LogP contribution in [-0.4, -0.2) is 28.7 Å². The number of H-pyrrole nitrogens is 1. The third-order valence-corrected chi connectivity index (χ3v) is 3.99. The Morgan fingerprint density at radius 2 is 1.76 bits per heavy atom. The summed E-state index contributed by atoms with van der Waals surface area (Å²) in [7, 11) is 1.67. The van der Waals surface area contributed by atoms with E-state index in [1.54, 1.807) is 49.5 Å². The number of para-hydroxylation sites is 1. The van der Waals surface area contributed by atoms with Crippen LogP contribution in [0.4, 0.5) is 0 Å². The number of nitrogens with zero attached hydrogens (tertiary/aromatic N) is 1. The molecule has 2 aromatic carbocycles. The fraction of sp³-hybridized carbons (Fsp3) is 0.105. The Labute approximate surface area is 143 Å². The number of carbonyl (C=O) groups is 2. The fourth-order valence-electron chi connectivity index (χ4n) is 2.71. The summed E-state index contributed by atoms with van der Waals surface area (Å²) < 4.78 is 0. The van der Waals surface area contributed by atoms with Gasteiger partial charge in [0.1, 0.15) is 0 Å². The zero-order valence-corrected chi connectivity index (χ0v) is 13.7. The highest BCUT2D eigenvalue weighted by atomic mass is 16.2. The maximum absolute atomic E-state index is 12.8. The van der Waals surface area contributed by atoms with Gasteiger partial charge in [0, 0.05) is 36.1 Å². The molecule has 3 rings (SSSR count). The minimum absolute atomic E-state index is 0.249. The van der Waals surface area contributed by atoms with Crippen LogP contribution in [0.2, 0.25) is 0 Å². The zero-order valence-electron chi connectivity index (χ0n) is 13.7. The lowest BCUT2D eigenvalue weighted by atomic mass is 10.1. The van der Waals surface area contributed by atoms with Crippen LogP contribution in [-0.2, 0) is 6.54 Å². The first-order valence-corrected chi connectivity index (χ1v) is 7.72. The van der Waals surface area contributed by atoms with Crippen molar-refractivity contribution in [3.8, 4) is 0 Å². The molecule has 0 aliphatic heterocycles. The van der Waals surface area contributed by atoms with Crippen molar-refractivity contribution in [2.45, 2.75) is 6.54 Å². The first-order chi connectivity index (χ1) is 12.0. The lowest BCUT2D eigenvalue weighted by molar-refractivity contribution is 0.0786. The number of hydrogen-bond donors (Lipinski definition) is 2. The Morgan fingerprint density at radius 1 is 1.08 bits per heavy atom.